The van der Waals surface area contributed by atoms with Crippen LogP contribution in [0.15, 0.2) is 24.4 Å². The number of anilines is 1. The number of hydrogen-bond donors (Lipinski definition) is 0. The monoisotopic (exact) mass is 431 g/mol. The molecule has 1 amide bonds. The number of thiazole rings is 1. The second-order valence-electron chi connectivity index (χ2n) is 6.68. The summed E-state index contributed by atoms with van der Waals surface area (Å²) in [6.45, 7) is 10.0. The van der Waals surface area contributed by atoms with Gasteiger partial charge in [-0.25, -0.2) is 4.98 Å². The molecule has 0 radical (unpaired) electrons. The van der Waals surface area contributed by atoms with Crippen LogP contribution in [-0.4, -0.2) is 66.0 Å². The number of hydrogen-bond acceptors (Lipinski definition) is 7. The van der Waals surface area contributed by atoms with Gasteiger partial charge in [-0.15, -0.1) is 0 Å². The number of likely N-dealkylation sites (N-methyl/N-ethyl adjacent to an activating group) is 1. The van der Waals surface area contributed by atoms with Crippen LogP contribution in [0.25, 0.3) is 10.2 Å². The highest BCUT2D eigenvalue weighted by molar-refractivity contribution is 7.22. The molecule has 0 saturated heterocycles. The van der Waals surface area contributed by atoms with E-state index in [1.165, 1.54) is 11.3 Å². The fourth-order valence-corrected chi connectivity index (χ4v) is 4.34. The zero-order valence-electron chi connectivity index (χ0n) is 18.2. The Kier molecular flexibility index (Phi) is 7.28. The van der Waals surface area contributed by atoms with E-state index < -0.39 is 0 Å². The lowest BCUT2D eigenvalue weighted by atomic mass is 10.3. The summed E-state index contributed by atoms with van der Waals surface area (Å²) < 4.78 is 13.6. The molecule has 0 aliphatic carbocycles. The molecule has 8 nitrogen and oxygen atoms in total. The van der Waals surface area contributed by atoms with Gasteiger partial charge in [-0.1, -0.05) is 25.2 Å². The molecule has 2 aromatic heterocycles. The van der Waals surface area contributed by atoms with Crippen LogP contribution in [0, 0.1) is 0 Å². The molecule has 0 bridgehead atoms. The number of methoxy groups -OCH3 is 2. The maximum Gasteiger partial charge on any atom is 0.280 e. The van der Waals surface area contributed by atoms with Crippen LogP contribution in [0.4, 0.5) is 5.13 Å². The second-order valence-corrected chi connectivity index (χ2v) is 7.66. The number of amides is 1. The van der Waals surface area contributed by atoms with E-state index in [4.69, 9.17) is 14.5 Å². The zero-order valence-corrected chi connectivity index (χ0v) is 19.0. The molecule has 0 saturated carbocycles. The first kappa shape index (κ1) is 22.0. The summed E-state index contributed by atoms with van der Waals surface area (Å²) >= 11 is 1.42. The summed E-state index contributed by atoms with van der Waals surface area (Å²) in [5.74, 6) is 1.20. The van der Waals surface area contributed by atoms with Crippen molar-refractivity contribution in [3.63, 3.8) is 0 Å². The fraction of sp³-hybridized carbons (Fsp3) is 0.476. The van der Waals surface area contributed by atoms with Crippen molar-refractivity contribution in [3.8, 4) is 11.5 Å². The van der Waals surface area contributed by atoms with Crippen LogP contribution in [0.2, 0.25) is 0 Å². The van der Waals surface area contributed by atoms with Crippen LogP contribution >= 0.6 is 11.3 Å². The number of benzene rings is 1. The van der Waals surface area contributed by atoms with Gasteiger partial charge in [0.15, 0.2) is 10.8 Å². The zero-order chi connectivity index (χ0) is 21.7. The average Bonchev–Trinajstić information content (AvgIpc) is 3.43. The van der Waals surface area contributed by atoms with Crippen molar-refractivity contribution in [2.45, 2.75) is 27.3 Å². The largest absolute Gasteiger partial charge is 0.495 e. The van der Waals surface area contributed by atoms with Gasteiger partial charge in [-0.3, -0.25) is 14.4 Å². The first-order chi connectivity index (χ1) is 14.6. The van der Waals surface area contributed by atoms with Gasteiger partial charge >= 0.3 is 0 Å². The minimum atomic E-state index is -0.161. The van der Waals surface area contributed by atoms with E-state index in [1.807, 2.05) is 25.3 Å². The molecule has 3 aromatic rings. The van der Waals surface area contributed by atoms with Crippen molar-refractivity contribution in [1.29, 1.82) is 0 Å². The third-order valence-electron chi connectivity index (χ3n) is 5.09. The number of carbonyl (C=O) groups excluding carboxylic acids is 1. The maximum absolute atomic E-state index is 13.4. The molecule has 2 heterocycles. The normalized spacial score (nSPS) is 11.3. The lowest BCUT2D eigenvalue weighted by molar-refractivity contribution is 0.0978. The Hall–Kier alpha value is -2.65. The number of nitrogens with zero attached hydrogens (tertiary/aromatic N) is 5. The van der Waals surface area contributed by atoms with Gasteiger partial charge in [0.1, 0.15) is 21.7 Å². The van der Waals surface area contributed by atoms with Gasteiger partial charge < -0.3 is 14.4 Å². The van der Waals surface area contributed by atoms with E-state index in [2.05, 4.69) is 23.8 Å². The molecule has 0 N–H and O–H groups in total. The van der Waals surface area contributed by atoms with E-state index in [0.717, 1.165) is 24.3 Å². The molecule has 0 aliphatic heterocycles. The molecule has 30 heavy (non-hydrogen) atoms. The highest BCUT2D eigenvalue weighted by atomic mass is 32.1. The van der Waals surface area contributed by atoms with Gasteiger partial charge in [0, 0.05) is 25.8 Å². The minimum absolute atomic E-state index is 0.161. The summed E-state index contributed by atoms with van der Waals surface area (Å²) in [5, 5.41) is 5.01. The average molecular weight is 432 g/mol. The number of aryl methyl sites for hydroxylation is 1. The smallest absolute Gasteiger partial charge is 0.280 e. The molecule has 0 atom stereocenters. The summed E-state index contributed by atoms with van der Waals surface area (Å²) in [5.41, 5.74) is 1.10. The van der Waals surface area contributed by atoms with E-state index >= 15 is 0 Å². The van der Waals surface area contributed by atoms with Gasteiger partial charge in [-0.05, 0) is 38.2 Å². The number of aromatic nitrogens is 3. The molecule has 0 aliphatic rings. The first-order valence-electron chi connectivity index (χ1n) is 10.1. The lowest BCUT2D eigenvalue weighted by Gasteiger charge is -2.24. The Balaban J connectivity index is 2.03. The van der Waals surface area contributed by atoms with Crippen molar-refractivity contribution in [3.05, 3.63) is 30.1 Å². The number of fused-ring (bicyclic) bond motifs is 1. The number of carbonyl (C=O) groups is 1. The predicted octanol–water partition coefficient (Wildman–Crippen LogP) is 3.52. The van der Waals surface area contributed by atoms with Crippen molar-refractivity contribution in [2.24, 2.45) is 0 Å². The summed E-state index contributed by atoms with van der Waals surface area (Å²) in [6, 6.07) is 5.44. The van der Waals surface area contributed by atoms with Crippen LogP contribution in [0.3, 0.4) is 0 Å². The van der Waals surface area contributed by atoms with Crippen molar-refractivity contribution in [1.82, 2.24) is 19.7 Å². The van der Waals surface area contributed by atoms with Gasteiger partial charge in [0.25, 0.3) is 5.91 Å². The van der Waals surface area contributed by atoms with Gasteiger partial charge in [0.05, 0.1) is 14.2 Å². The molecule has 1 aromatic carbocycles. The Morgan fingerprint density at radius 2 is 1.77 bits per heavy atom. The van der Waals surface area contributed by atoms with Crippen LogP contribution < -0.4 is 14.4 Å². The molecule has 9 heteroatoms. The summed E-state index contributed by atoms with van der Waals surface area (Å²) in [6.07, 6.45) is 1.82. The molecular weight excluding hydrogens is 402 g/mol. The number of ether oxygens (including phenoxy) is 2. The highest BCUT2D eigenvalue weighted by Gasteiger charge is 2.25. The summed E-state index contributed by atoms with van der Waals surface area (Å²) in [4.78, 5) is 22.1. The molecule has 0 fully saturated rings. The molecule has 0 unspecified atom stereocenters. The van der Waals surface area contributed by atoms with Gasteiger partial charge in [0.2, 0.25) is 0 Å². The van der Waals surface area contributed by atoms with Crippen LogP contribution in [0.1, 0.15) is 31.3 Å². The van der Waals surface area contributed by atoms with Gasteiger partial charge in [-0.2, -0.15) is 5.10 Å². The van der Waals surface area contributed by atoms with E-state index in [9.17, 15) is 4.79 Å². The topological polar surface area (TPSA) is 72.7 Å². The fourth-order valence-electron chi connectivity index (χ4n) is 3.25. The first-order valence-corrected chi connectivity index (χ1v) is 11.0. The number of rotatable bonds is 10. The maximum atomic E-state index is 13.4. The molecule has 3 rings (SSSR count). The lowest BCUT2D eigenvalue weighted by Crippen LogP contribution is -2.39. The highest BCUT2D eigenvalue weighted by Crippen LogP contribution is 2.40. The molecular formula is C21H29N5O3S. The Labute approximate surface area is 181 Å². The molecule has 162 valence electrons. The Morgan fingerprint density at radius 1 is 1.07 bits per heavy atom. The van der Waals surface area contributed by atoms with Crippen molar-refractivity contribution >= 4 is 32.6 Å². The van der Waals surface area contributed by atoms with E-state index in [-0.39, 0.29) is 5.91 Å². The van der Waals surface area contributed by atoms with Crippen molar-refractivity contribution < 1.29 is 14.3 Å². The quantitative estimate of drug-likeness (QED) is 0.489. The standard InChI is InChI=1S/C21H29N5O3S/c1-6-24(7-2)13-14-26(20(27)15-11-12-25(8-3)23-15)21-22-18-16(28-4)9-10-17(29-5)19(18)30-21/h9-12H,6-8,13-14H2,1-5H3. The van der Waals surface area contributed by atoms with E-state index in [1.54, 1.807) is 29.9 Å². The third-order valence-corrected chi connectivity index (χ3v) is 6.19. The SMILES string of the molecule is CCN(CC)CCN(C(=O)c1ccn(CC)n1)c1nc2c(OC)ccc(OC)c2s1. The second kappa shape index (κ2) is 9.90. The Bertz CT molecular complexity index is 955. The predicted molar refractivity (Wildman–Crippen MR) is 120 cm³/mol. The minimum Gasteiger partial charge on any atom is -0.495 e. The van der Waals surface area contributed by atoms with Crippen LogP contribution in [-0.2, 0) is 6.54 Å². The molecule has 0 spiro atoms. The van der Waals surface area contributed by atoms with Crippen molar-refractivity contribution in [2.75, 3.05) is 45.3 Å². The Morgan fingerprint density at radius 3 is 2.37 bits per heavy atom. The summed E-state index contributed by atoms with van der Waals surface area (Å²) in [7, 11) is 3.24. The van der Waals surface area contributed by atoms with Crippen LogP contribution in [0.5, 0.6) is 11.5 Å². The third kappa shape index (κ3) is 4.41. The van der Waals surface area contributed by atoms with E-state index in [0.29, 0.717) is 40.9 Å².